The molecule has 3 rings (SSSR count). The first-order valence-corrected chi connectivity index (χ1v) is 8.66. The van der Waals surface area contributed by atoms with Gasteiger partial charge in [-0.05, 0) is 25.8 Å². The molecular formula is C19H26N4O. The lowest BCUT2D eigenvalue weighted by Crippen LogP contribution is -2.32. The van der Waals surface area contributed by atoms with Gasteiger partial charge in [-0.15, -0.1) is 0 Å². The number of carbonyl (C=O) groups excluding carboxylic acids is 1. The Morgan fingerprint density at radius 3 is 2.62 bits per heavy atom. The van der Waals surface area contributed by atoms with Gasteiger partial charge >= 0.3 is 0 Å². The fraction of sp³-hybridized carbons (Fsp3) is 0.474. The lowest BCUT2D eigenvalue weighted by Gasteiger charge is -2.17. The summed E-state index contributed by atoms with van der Waals surface area (Å²) in [4.78, 5) is 14.9. The van der Waals surface area contributed by atoms with Gasteiger partial charge in [0.15, 0.2) is 0 Å². The Morgan fingerprint density at radius 1 is 1.25 bits per heavy atom. The molecule has 128 valence electrons. The summed E-state index contributed by atoms with van der Waals surface area (Å²) in [6.45, 7) is 8.11. The molecule has 2 heterocycles. The quantitative estimate of drug-likeness (QED) is 0.939. The van der Waals surface area contributed by atoms with Crippen molar-refractivity contribution in [3.63, 3.8) is 0 Å². The van der Waals surface area contributed by atoms with Crippen LogP contribution in [0.2, 0.25) is 0 Å². The second-order valence-corrected chi connectivity index (χ2v) is 6.66. The smallest absolute Gasteiger partial charge is 0.257 e. The molecule has 0 aliphatic carbocycles. The molecule has 1 aliphatic rings. The monoisotopic (exact) mass is 326 g/mol. The van der Waals surface area contributed by atoms with Crippen LogP contribution in [0.3, 0.4) is 0 Å². The van der Waals surface area contributed by atoms with Gasteiger partial charge in [-0.3, -0.25) is 9.48 Å². The fourth-order valence-corrected chi connectivity index (χ4v) is 3.64. The first-order chi connectivity index (χ1) is 11.5. The number of likely N-dealkylation sites (tertiary alicyclic amines) is 1. The SMILES string of the molecule is CCCn1nc(C)c(C(=O)N2C[C@@H](N)[C@H](c3ccccc3)C2)c1C. The minimum Gasteiger partial charge on any atom is -0.336 e. The molecule has 1 aromatic heterocycles. The van der Waals surface area contributed by atoms with Gasteiger partial charge in [-0.2, -0.15) is 5.10 Å². The second-order valence-electron chi connectivity index (χ2n) is 6.66. The molecular weight excluding hydrogens is 300 g/mol. The molecule has 1 aromatic carbocycles. The normalized spacial score (nSPS) is 20.6. The van der Waals surface area contributed by atoms with E-state index >= 15 is 0 Å². The largest absolute Gasteiger partial charge is 0.336 e. The predicted octanol–water partition coefficient (Wildman–Crippen LogP) is 2.48. The Bertz CT molecular complexity index is 722. The number of rotatable bonds is 4. The molecule has 1 fully saturated rings. The zero-order chi connectivity index (χ0) is 17.3. The summed E-state index contributed by atoms with van der Waals surface area (Å²) in [6, 6.07) is 10.2. The maximum atomic E-state index is 13.0. The Kier molecular flexibility index (Phi) is 4.71. The van der Waals surface area contributed by atoms with Crippen LogP contribution in [0.5, 0.6) is 0 Å². The Labute approximate surface area is 143 Å². The van der Waals surface area contributed by atoms with Gasteiger partial charge in [0.1, 0.15) is 0 Å². The molecule has 0 spiro atoms. The molecule has 0 radical (unpaired) electrons. The van der Waals surface area contributed by atoms with Crippen molar-refractivity contribution in [1.29, 1.82) is 0 Å². The van der Waals surface area contributed by atoms with Gasteiger partial charge in [-0.1, -0.05) is 37.3 Å². The molecule has 2 aromatic rings. The summed E-state index contributed by atoms with van der Waals surface area (Å²) < 4.78 is 1.94. The summed E-state index contributed by atoms with van der Waals surface area (Å²) in [5.41, 5.74) is 10.0. The highest BCUT2D eigenvalue weighted by atomic mass is 16.2. The second kappa shape index (κ2) is 6.77. The van der Waals surface area contributed by atoms with Crippen LogP contribution in [-0.2, 0) is 6.54 Å². The average molecular weight is 326 g/mol. The lowest BCUT2D eigenvalue weighted by atomic mass is 9.95. The minimum atomic E-state index is -0.0253. The maximum Gasteiger partial charge on any atom is 0.257 e. The van der Waals surface area contributed by atoms with Gasteiger partial charge in [0.25, 0.3) is 5.91 Å². The zero-order valence-corrected chi connectivity index (χ0v) is 14.7. The molecule has 0 saturated carbocycles. The van der Waals surface area contributed by atoms with Crippen LogP contribution in [0.1, 0.15) is 46.6 Å². The molecule has 5 nitrogen and oxygen atoms in total. The van der Waals surface area contributed by atoms with E-state index in [1.807, 2.05) is 41.6 Å². The number of carbonyl (C=O) groups is 1. The summed E-state index contributed by atoms with van der Waals surface area (Å²) in [5.74, 6) is 0.252. The van der Waals surface area contributed by atoms with Gasteiger partial charge in [0.2, 0.25) is 0 Å². The molecule has 1 amide bonds. The van der Waals surface area contributed by atoms with Crippen molar-refractivity contribution in [2.45, 2.75) is 45.7 Å². The van der Waals surface area contributed by atoms with E-state index in [2.05, 4.69) is 24.2 Å². The standard InChI is InChI=1S/C19H26N4O/c1-4-10-23-14(3)18(13(2)21-23)19(24)22-11-16(17(20)12-22)15-8-6-5-7-9-15/h5-9,16-17H,4,10-12,20H2,1-3H3/t16-,17+/m0/s1. The molecule has 0 unspecified atom stereocenters. The topological polar surface area (TPSA) is 64.2 Å². The van der Waals surface area contributed by atoms with Crippen molar-refractivity contribution in [1.82, 2.24) is 14.7 Å². The van der Waals surface area contributed by atoms with E-state index in [1.54, 1.807) is 0 Å². The highest BCUT2D eigenvalue weighted by Gasteiger charge is 2.35. The Hall–Kier alpha value is -2.14. The number of hydrogen-bond acceptors (Lipinski definition) is 3. The van der Waals surface area contributed by atoms with E-state index in [9.17, 15) is 4.79 Å². The van der Waals surface area contributed by atoms with E-state index in [4.69, 9.17) is 5.73 Å². The van der Waals surface area contributed by atoms with Crippen molar-refractivity contribution < 1.29 is 4.79 Å². The van der Waals surface area contributed by atoms with Gasteiger partial charge in [0, 0.05) is 37.3 Å². The average Bonchev–Trinajstić information content (AvgIpc) is 3.09. The third-order valence-electron chi connectivity index (χ3n) is 4.91. The predicted molar refractivity (Wildman–Crippen MR) is 95.1 cm³/mol. The summed E-state index contributed by atoms with van der Waals surface area (Å²) >= 11 is 0. The molecule has 5 heteroatoms. The van der Waals surface area contributed by atoms with E-state index in [0.29, 0.717) is 13.1 Å². The van der Waals surface area contributed by atoms with Crippen molar-refractivity contribution in [2.24, 2.45) is 5.73 Å². The van der Waals surface area contributed by atoms with Crippen molar-refractivity contribution >= 4 is 5.91 Å². The first-order valence-electron chi connectivity index (χ1n) is 8.66. The molecule has 0 bridgehead atoms. The van der Waals surface area contributed by atoms with Gasteiger partial charge in [-0.25, -0.2) is 0 Å². The van der Waals surface area contributed by atoms with Crippen LogP contribution in [-0.4, -0.2) is 39.7 Å². The maximum absolute atomic E-state index is 13.0. The van der Waals surface area contributed by atoms with E-state index in [1.165, 1.54) is 5.56 Å². The Balaban J connectivity index is 1.82. The van der Waals surface area contributed by atoms with Gasteiger partial charge in [0.05, 0.1) is 11.3 Å². The highest BCUT2D eigenvalue weighted by Crippen LogP contribution is 2.28. The number of benzene rings is 1. The van der Waals surface area contributed by atoms with Crippen LogP contribution in [0, 0.1) is 13.8 Å². The van der Waals surface area contributed by atoms with Crippen molar-refractivity contribution in [3.05, 3.63) is 52.8 Å². The third-order valence-corrected chi connectivity index (χ3v) is 4.91. The van der Waals surface area contributed by atoms with Crippen molar-refractivity contribution in [2.75, 3.05) is 13.1 Å². The van der Waals surface area contributed by atoms with E-state index in [-0.39, 0.29) is 17.9 Å². The zero-order valence-electron chi connectivity index (χ0n) is 14.7. The Morgan fingerprint density at radius 2 is 1.96 bits per heavy atom. The summed E-state index contributed by atoms with van der Waals surface area (Å²) in [5, 5.41) is 4.53. The molecule has 1 saturated heterocycles. The van der Waals surface area contributed by atoms with Crippen LogP contribution in [0.4, 0.5) is 0 Å². The molecule has 2 atom stereocenters. The van der Waals surface area contributed by atoms with Crippen LogP contribution < -0.4 is 5.73 Å². The van der Waals surface area contributed by atoms with Crippen molar-refractivity contribution in [3.8, 4) is 0 Å². The van der Waals surface area contributed by atoms with Crippen LogP contribution in [0.25, 0.3) is 0 Å². The van der Waals surface area contributed by atoms with E-state index in [0.717, 1.165) is 29.9 Å². The highest BCUT2D eigenvalue weighted by molar-refractivity contribution is 5.96. The first kappa shape index (κ1) is 16.7. The number of amides is 1. The third kappa shape index (κ3) is 2.96. The van der Waals surface area contributed by atoms with E-state index < -0.39 is 0 Å². The number of aryl methyl sites for hydroxylation is 2. The molecule has 2 N–H and O–H groups in total. The molecule has 24 heavy (non-hydrogen) atoms. The van der Waals surface area contributed by atoms with Crippen LogP contribution >= 0.6 is 0 Å². The molecule has 1 aliphatic heterocycles. The van der Waals surface area contributed by atoms with Crippen LogP contribution in [0.15, 0.2) is 30.3 Å². The lowest BCUT2D eigenvalue weighted by molar-refractivity contribution is 0.0787. The summed E-state index contributed by atoms with van der Waals surface area (Å²) in [6.07, 6.45) is 1.00. The fourth-order valence-electron chi connectivity index (χ4n) is 3.64. The summed E-state index contributed by atoms with van der Waals surface area (Å²) in [7, 11) is 0. The number of aromatic nitrogens is 2. The number of nitrogens with zero attached hydrogens (tertiary/aromatic N) is 3. The minimum absolute atomic E-state index is 0.0253. The number of hydrogen-bond donors (Lipinski definition) is 1. The van der Waals surface area contributed by atoms with Gasteiger partial charge < -0.3 is 10.6 Å². The number of nitrogens with two attached hydrogens (primary N) is 1.